The zero-order valence-corrected chi connectivity index (χ0v) is 31.4. The Bertz CT molecular complexity index is 610. The van der Waals surface area contributed by atoms with Crippen molar-refractivity contribution in [3.05, 3.63) is 0 Å². The summed E-state index contributed by atoms with van der Waals surface area (Å²) in [6.45, 7) is 28.4. The van der Waals surface area contributed by atoms with E-state index in [1.54, 1.807) is 0 Å². The molecule has 0 radical (unpaired) electrons. The van der Waals surface area contributed by atoms with Crippen LogP contribution in [0.25, 0.3) is 0 Å². The van der Waals surface area contributed by atoms with Crippen LogP contribution in [0, 0.1) is 5.92 Å². The van der Waals surface area contributed by atoms with Crippen LogP contribution in [-0.2, 0) is 56.5 Å². The number of hydrogen-bond acceptors (Lipinski definition) is 12. The predicted molar refractivity (Wildman–Crippen MR) is 182 cm³/mol. The van der Waals surface area contributed by atoms with Gasteiger partial charge in [0, 0.05) is 6.61 Å². The molecule has 0 fully saturated rings. The van der Waals surface area contributed by atoms with Gasteiger partial charge in [0.05, 0.1) is 145 Å². The van der Waals surface area contributed by atoms with E-state index in [1.807, 2.05) is 0 Å². The van der Waals surface area contributed by atoms with Crippen molar-refractivity contribution in [1.29, 1.82) is 0 Å². The highest BCUT2D eigenvalue weighted by Crippen LogP contribution is 2.36. The summed E-state index contributed by atoms with van der Waals surface area (Å²) in [7, 11) is -1.70. The smallest absolute Gasteiger partial charge is 0.192 e. The summed E-state index contributed by atoms with van der Waals surface area (Å²) in [5, 5.41) is 0.219. The maximum atomic E-state index is 6.08. The minimum Gasteiger partial charge on any atom is -0.414 e. The Morgan fingerprint density at radius 2 is 0.609 bits per heavy atom. The Kier molecular flexibility index (Phi) is 33.1. The van der Waals surface area contributed by atoms with Gasteiger partial charge in [0.2, 0.25) is 0 Å². The van der Waals surface area contributed by atoms with Crippen LogP contribution in [0.4, 0.5) is 0 Å². The first-order chi connectivity index (χ1) is 22.2. The molecule has 0 aromatic carbocycles. The third kappa shape index (κ3) is 32.3. The van der Waals surface area contributed by atoms with Crippen molar-refractivity contribution in [1.82, 2.24) is 0 Å². The average Bonchev–Trinajstić information content (AvgIpc) is 3.02. The Labute approximate surface area is 281 Å². The molecular weight excluding hydrogens is 616 g/mol. The van der Waals surface area contributed by atoms with E-state index in [0.29, 0.717) is 151 Å². The van der Waals surface area contributed by atoms with E-state index in [4.69, 9.17) is 56.5 Å². The third-order valence-corrected chi connectivity index (χ3v) is 11.9. The molecular formula is C33H70O12Si. The van der Waals surface area contributed by atoms with Gasteiger partial charge in [-0.25, -0.2) is 0 Å². The molecule has 278 valence electrons. The van der Waals surface area contributed by atoms with Crippen LogP contribution < -0.4 is 0 Å². The van der Waals surface area contributed by atoms with Gasteiger partial charge < -0.3 is 56.5 Å². The molecule has 0 aliphatic heterocycles. The molecule has 1 atom stereocenters. The van der Waals surface area contributed by atoms with Crippen LogP contribution >= 0.6 is 0 Å². The average molecular weight is 687 g/mol. The Morgan fingerprint density at radius 3 is 0.826 bits per heavy atom. The van der Waals surface area contributed by atoms with E-state index >= 15 is 0 Å². The lowest BCUT2D eigenvalue weighted by Gasteiger charge is -2.36. The topological polar surface area (TPSA) is 111 Å². The largest absolute Gasteiger partial charge is 0.414 e. The van der Waals surface area contributed by atoms with Crippen molar-refractivity contribution in [2.45, 2.75) is 59.2 Å². The molecule has 0 aromatic heterocycles. The fourth-order valence-electron chi connectivity index (χ4n) is 3.17. The lowest BCUT2D eigenvalue weighted by Crippen LogP contribution is -2.41. The Hall–Kier alpha value is -0.263. The number of hydrogen-bond donors (Lipinski definition) is 0. The second kappa shape index (κ2) is 33.2. The summed E-state index contributed by atoms with van der Waals surface area (Å²) >= 11 is 0. The first-order valence-corrected chi connectivity index (χ1v) is 20.1. The van der Waals surface area contributed by atoms with Crippen molar-refractivity contribution >= 4 is 8.32 Å². The molecule has 0 saturated carbocycles. The SMILES string of the molecule is CCC(C)COCCOCCOCCOCCOCCOCCOCCOCCOCCOCCOCCO[Si](C)(C)C(C)(C)C. The molecule has 0 aliphatic carbocycles. The molecule has 0 N–H and O–H groups in total. The minimum atomic E-state index is -1.70. The highest BCUT2D eigenvalue weighted by molar-refractivity contribution is 6.74. The van der Waals surface area contributed by atoms with Gasteiger partial charge in [-0.1, -0.05) is 41.0 Å². The summed E-state index contributed by atoms with van der Waals surface area (Å²) in [5.74, 6) is 0.599. The van der Waals surface area contributed by atoms with E-state index in [1.165, 1.54) is 0 Å². The van der Waals surface area contributed by atoms with Crippen molar-refractivity contribution < 1.29 is 56.5 Å². The Balaban J connectivity index is 3.13. The van der Waals surface area contributed by atoms with Crippen LogP contribution in [0.15, 0.2) is 0 Å². The van der Waals surface area contributed by atoms with Crippen molar-refractivity contribution in [2.24, 2.45) is 5.92 Å². The molecule has 0 saturated heterocycles. The van der Waals surface area contributed by atoms with Gasteiger partial charge in [0.1, 0.15) is 0 Å². The van der Waals surface area contributed by atoms with Crippen molar-refractivity contribution in [3.8, 4) is 0 Å². The zero-order chi connectivity index (χ0) is 34.0. The van der Waals surface area contributed by atoms with Crippen LogP contribution in [0.2, 0.25) is 18.1 Å². The quantitative estimate of drug-likeness (QED) is 0.0689. The second-order valence-electron chi connectivity index (χ2n) is 12.3. The molecule has 1 unspecified atom stereocenters. The summed E-state index contributed by atoms with van der Waals surface area (Å²) in [5.41, 5.74) is 0. The predicted octanol–water partition coefficient (Wildman–Crippen LogP) is 4.24. The van der Waals surface area contributed by atoms with Gasteiger partial charge >= 0.3 is 0 Å². The van der Waals surface area contributed by atoms with Crippen LogP contribution in [-0.4, -0.2) is 160 Å². The zero-order valence-electron chi connectivity index (χ0n) is 30.4. The van der Waals surface area contributed by atoms with E-state index in [-0.39, 0.29) is 5.04 Å². The van der Waals surface area contributed by atoms with Crippen molar-refractivity contribution in [3.63, 3.8) is 0 Å². The first-order valence-electron chi connectivity index (χ1n) is 17.2. The fourth-order valence-corrected chi connectivity index (χ4v) is 4.20. The molecule has 0 heterocycles. The molecule has 13 heteroatoms. The maximum absolute atomic E-state index is 6.08. The van der Waals surface area contributed by atoms with Gasteiger partial charge in [-0.05, 0) is 24.1 Å². The monoisotopic (exact) mass is 686 g/mol. The standard InChI is InChI=1S/C33H70O12Si/c1-8-32(2)31-44-28-27-42-24-23-40-20-19-38-16-15-36-12-11-34-9-10-35-13-14-37-17-18-39-21-22-41-25-26-43-29-30-45-46(6,7)33(3,4)5/h32H,8-31H2,1-7H3. The molecule has 46 heavy (non-hydrogen) atoms. The highest BCUT2D eigenvalue weighted by Gasteiger charge is 2.36. The fraction of sp³-hybridized carbons (Fsp3) is 1.00. The molecule has 0 spiro atoms. The number of rotatable bonds is 37. The van der Waals surface area contributed by atoms with Crippen LogP contribution in [0.1, 0.15) is 41.0 Å². The molecule has 0 aromatic rings. The maximum Gasteiger partial charge on any atom is 0.192 e. The Morgan fingerprint density at radius 1 is 0.391 bits per heavy atom. The molecule has 0 amide bonds. The second-order valence-corrected chi connectivity index (χ2v) is 17.1. The van der Waals surface area contributed by atoms with Crippen LogP contribution in [0.5, 0.6) is 0 Å². The van der Waals surface area contributed by atoms with Gasteiger partial charge in [0.15, 0.2) is 8.32 Å². The van der Waals surface area contributed by atoms with Gasteiger partial charge in [-0.15, -0.1) is 0 Å². The lowest BCUT2D eigenvalue weighted by molar-refractivity contribution is -0.0280. The van der Waals surface area contributed by atoms with Gasteiger partial charge in [-0.3, -0.25) is 0 Å². The highest BCUT2D eigenvalue weighted by atomic mass is 28.4. The lowest BCUT2D eigenvalue weighted by atomic mass is 10.1. The molecule has 12 nitrogen and oxygen atoms in total. The summed E-state index contributed by atoms with van der Waals surface area (Å²) in [6.07, 6.45) is 1.13. The van der Waals surface area contributed by atoms with Crippen LogP contribution in [0.3, 0.4) is 0 Å². The molecule has 0 bridgehead atoms. The summed E-state index contributed by atoms with van der Waals surface area (Å²) in [6, 6.07) is 0. The third-order valence-electron chi connectivity index (χ3n) is 7.32. The molecule has 0 aliphatic rings. The first kappa shape index (κ1) is 45.7. The minimum absolute atomic E-state index is 0.219. The summed E-state index contributed by atoms with van der Waals surface area (Å²) < 4.78 is 66.6. The van der Waals surface area contributed by atoms with E-state index in [2.05, 4.69) is 47.7 Å². The van der Waals surface area contributed by atoms with E-state index < -0.39 is 8.32 Å². The molecule has 0 rings (SSSR count). The van der Waals surface area contributed by atoms with E-state index in [9.17, 15) is 0 Å². The van der Waals surface area contributed by atoms with E-state index in [0.717, 1.165) is 13.0 Å². The van der Waals surface area contributed by atoms with Gasteiger partial charge in [0.25, 0.3) is 0 Å². The normalized spacial score (nSPS) is 13.1. The summed E-state index contributed by atoms with van der Waals surface area (Å²) in [4.78, 5) is 0. The van der Waals surface area contributed by atoms with Crippen molar-refractivity contribution in [2.75, 3.05) is 152 Å². The number of ether oxygens (including phenoxy) is 11. The van der Waals surface area contributed by atoms with Gasteiger partial charge in [-0.2, -0.15) is 0 Å².